The van der Waals surface area contributed by atoms with Gasteiger partial charge < -0.3 is 9.73 Å². The highest BCUT2D eigenvalue weighted by Crippen LogP contribution is 2.23. The second-order valence-electron chi connectivity index (χ2n) is 6.64. The number of nitrogens with zero attached hydrogens (tertiary/aromatic N) is 5. The largest absolute Gasteiger partial charge is 0.465 e. The van der Waals surface area contributed by atoms with E-state index in [9.17, 15) is 4.79 Å². The molecule has 1 atom stereocenters. The molecule has 1 aromatic carbocycles. The third kappa shape index (κ3) is 3.90. The van der Waals surface area contributed by atoms with Crippen molar-refractivity contribution in [1.29, 1.82) is 0 Å². The Hall–Kier alpha value is -3.00. The third-order valence-electron chi connectivity index (χ3n) is 4.82. The van der Waals surface area contributed by atoms with Crippen molar-refractivity contribution in [3.63, 3.8) is 0 Å². The fraction of sp³-hybridized carbons (Fsp3) is 0.368. The average molecular weight is 366 g/mol. The van der Waals surface area contributed by atoms with Gasteiger partial charge in [0.25, 0.3) is 0 Å². The van der Waals surface area contributed by atoms with Gasteiger partial charge >= 0.3 is 0 Å². The molecule has 0 unspecified atom stereocenters. The molecule has 2 aromatic heterocycles. The van der Waals surface area contributed by atoms with Gasteiger partial charge in [0.1, 0.15) is 17.8 Å². The molecule has 1 N–H and O–H groups in total. The van der Waals surface area contributed by atoms with Crippen molar-refractivity contribution in [2.45, 2.75) is 38.8 Å². The van der Waals surface area contributed by atoms with Crippen LogP contribution in [-0.4, -0.2) is 43.6 Å². The van der Waals surface area contributed by atoms with E-state index in [0.717, 1.165) is 48.7 Å². The summed E-state index contributed by atoms with van der Waals surface area (Å²) in [7, 11) is 0. The molecule has 27 heavy (non-hydrogen) atoms. The quantitative estimate of drug-likeness (QED) is 0.721. The highest BCUT2D eigenvalue weighted by molar-refractivity contribution is 5.95. The first-order chi connectivity index (χ1) is 13.2. The van der Waals surface area contributed by atoms with Crippen LogP contribution < -0.4 is 5.32 Å². The van der Waals surface area contributed by atoms with Gasteiger partial charge in [-0.3, -0.25) is 9.69 Å². The third-order valence-corrected chi connectivity index (χ3v) is 4.82. The standard InChI is InChI=1S/C19H22N6O2/c1-2-16-8-9-17(27-16)12-24-10-4-7-18(24)19(26)21-14-5-3-6-15(11-14)25-13-20-22-23-25/h3,5-6,8-9,11,13,18H,2,4,7,10,12H2,1H3,(H,21,26)/t18-/m1/s1. The molecular formula is C19H22N6O2. The Morgan fingerprint density at radius 1 is 1.30 bits per heavy atom. The van der Waals surface area contributed by atoms with Crippen molar-refractivity contribution < 1.29 is 9.21 Å². The molecule has 140 valence electrons. The van der Waals surface area contributed by atoms with Crippen molar-refractivity contribution >= 4 is 11.6 Å². The molecule has 0 spiro atoms. The van der Waals surface area contributed by atoms with Gasteiger partial charge in [0.05, 0.1) is 18.3 Å². The van der Waals surface area contributed by atoms with E-state index < -0.39 is 0 Å². The first-order valence-corrected chi connectivity index (χ1v) is 9.19. The van der Waals surface area contributed by atoms with Gasteiger partial charge in [0, 0.05) is 12.1 Å². The predicted octanol–water partition coefficient (Wildman–Crippen LogP) is 2.42. The number of rotatable bonds is 6. The zero-order chi connectivity index (χ0) is 18.6. The topological polar surface area (TPSA) is 89.1 Å². The van der Waals surface area contributed by atoms with Gasteiger partial charge in [-0.2, -0.15) is 0 Å². The zero-order valence-electron chi connectivity index (χ0n) is 15.2. The van der Waals surface area contributed by atoms with Crippen molar-refractivity contribution in [3.05, 3.63) is 54.2 Å². The van der Waals surface area contributed by atoms with E-state index in [4.69, 9.17) is 4.42 Å². The fourth-order valence-corrected chi connectivity index (χ4v) is 3.44. The highest BCUT2D eigenvalue weighted by atomic mass is 16.3. The number of hydrogen-bond acceptors (Lipinski definition) is 6. The summed E-state index contributed by atoms with van der Waals surface area (Å²) in [5.74, 6) is 1.89. The van der Waals surface area contributed by atoms with Crippen LogP contribution in [0.4, 0.5) is 5.69 Å². The molecule has 1 amide bonds. The van der Waals surface area contributed by atoms with E-state index >= 15 is 0 Å². The van der Waals surface area contributed by atoms with Crippen molar-refractivity contribution in [2.75, 3.05) is 11.9 Å². The molecule has 0 saturated carbocycles. The van der Waals surface area contributed by atoms with E-state index in [1.807, 2.05) is 36.4 Å². The van der Waals surface area contributed by atoms with E-state index in [2.05, 4.69) is 32.7 Å². The molecule has 8 heteroatoms. The number of hydrogen-bond donors (Lipinski definition) is 1. The Bertz CT molecular complexity index is 905. The van der Waals surface area contributed by atoms with Crippen LogP contribution in [0.3, 0.4) is 0 Å². The van der Waals surface area contributed by atoms with E-state index in [0.29, 0.717) is 6.54 Å². The number of likely N-dealkylation sites (tertiary alicyclic amines) is 1. The van der Waals surface area contributed by atoms with Crippen LogP contribution in [0.15, 0.2) is 47.1 Å². The summed E-state index contributed by atoms with van der Waals surface area (Å²) in [6.07, 6.45) is 4.25. The number of aromatic nitrogens is 4. The maximum absolute atomic E-state index is 12.8. The number of carbonyl (C=O) groups excluding carboxylic acids is 1. The molecule has 3 aromatic rings. The number of furan rings is 1. The Morgan fingerprint density at radius 3 is 2.96 bits per heavy atom. The Labute approximate surface area is 157 Å². The highest BCUT2D eigenvalue weighted by Gasteiger charge is 2.31. The zero-order valence-corrected chi connectivity index (χ0v) is 15.2. The molecule has 1 saturated heterocycles. The number of benzene rings is 1. The molecule has 4 rings (SSSR count). The van der Waals surface area contributed by atoms with E-state index in [1.54, 1.807) is 4.68 Å². The van der Waals surface area contributed by atoms with Crippen molar-refractivity contribution in [1.82, 2.24) is 25.1 Å². The fourth-order valence-electron chi connectivity index (χ4n) is 3.44. The summed E-state index contributed by atoms with van der Waals surface area (Å²) in [6.45, 7) is 3.62. The summed E-state index contributed by atoms with van der Waals surface area (Å²) in [5, 5.41) is 14.2. The summed E-state index contributed by atoms with van der Waals surface area (Å²) in [4.78, 5) is 15.0. The summed E-state index contributed by atoms with van der Waals surface area (Å²) >= 11 is 0. The van der Waals surface area contributed by atoms with E-state index in [-0.39, 0.29) is 11.9 Å². The minimum Gasteiger partial charge on any atom is -0.465 e. The SMILES string of the molecule is CCc1ccc(CN2CCC[C@@H]2C(=O)Nc2cccc(-n3cnnn3)c2)o1. The lowest BCUT2D eigenvalue weighted by molar-refractivity contribution is -0.120. The van der Waals surface area contributed by atoms with E-state index in [1.165, 1.54) is 6.33 Å². The molecule has 1 fully saturated rings. The van der Waals surface area contributed by atoms with Crippen LogP contribution in [0.25, 0.3) is 5.69 Å². The smallest absolute Gasteiger partial charge is 0.241 e. The lowest BCUT2D eigenvalue weighted by Crippen LogP contribution is -2.39. The molecule has 0 bridgehead atoms. The van der Waals surface area contributed by atoms with Gasteiger partial charge in [-0.1, -0.05) is 13.0 Å². The van der Waals surface area contributed by atoms with Gasteiger partial charge in [0.2, 0.25) is 5.91 Å². The van der Waals surface area contributed by atoms with Gasteiger partial charge in [0.15, 0.2) is 0 Å². The number of amides is 1. The van der Waals surface area contributed by atoms with Gasteiger partial charge in [-0.25, -0.2) is 4.68 Å². The van der Waals surface area contributed by atoms with Crippen LogP contribution in [0.2, 0.25) is 0 Å². The van der Waals surface area contributed by atoms with Crippen LogP contribution >= 0.6 is 0 Å². The number of carbonyl (C=O) groups is 1. The Balaban J connectivity index is 1.43. The number of nitrogens with one attached hydrogen (secondary N) is 1. The normalized spacial score (nSPS) is 17.3. The summed E-state index contributed by atoms with van der Waals surface area (Å²) in [6, 6.07) is 11.3. The number of aryl methyl sites for hydroxylation is 1. The Kier molecular flexibility index (Phi) is 4.97. The number of tetrazole rings is 1. The first-order valence-electron chi connectivity index (χ1n) is 9.19. The van der Waals surface area contributed by atoms with Crippen LogP contribution in [0.1, 0.15) is 31.3 Å². The summed E-state index contributed by atoms with van der Waals surface area (Å²) < 4.78 is 7.36. The van der Waals surface area contributed by atoms with Crippen molar-refractivity contribution in [3.8, 4) is 5.69 Å². The second-order valence-corrected chi connectivity index (χ2v) is 6.64. The molecule has 8 nitrogen and oxygen atoms in total. The maximum Gasteiger partial charge on any atom is 0.241 e. The predicted molar refractivity (Wildman–Crippen MR) is 99.3 cm³/mol. The molecule has 1 aliphatic rings. The molecule has 3 heterocycles. The van der Waals surface area contributed by atoms with Crippen LogP contribution in [0, 0.1) is 0 Å². The average Bonchev–Trinajstić information content (AvgIpc) is 3.44. The minimum absolute atomic E-state index is 0.00337. The summed E-state index contributed by atoms with van der Waals surface area (Å²) in [5.41, 5.74) is 1.52. The van der Waals surface area contributed by atoms with Crippen molar-refractivity contribution in [2.24, 2.45) is 0 Å². The molecule has 1 aliphatic heterocycles. The van der Waals surface area contributed by atoms with Gasteiger partial charge in [-0.15, -0.1) is 5.10 Å². The monoisotopic (exact) mass is 366 g/mol. The first kappa shape index (κ1) is 17.4. The maximum atomic E-state index is 12.8. The lowest BCUT2D eigenvalue weighted by atomic mass is 10.2. The molecular weight excluding hydrogens is 344 g/mol. The number of anilines is 1. The lowest BCUT2D eigenvalue weighted by Gasteiger charge is -2.22. The van der Waals surface area contributed by atoms with Crippen LogP contribution in [-0.2, 0) is 17.8 Å². The molecule has 0 radical (unpaired) electrons. The second kappa shape index (κ2) is 7.71. The van der Waals surface area contributed by atoms with Crippen LogP contribution in [0.5, 0.6) is 0 Å². The van der Waals surface area contributed by atoms with Gasteiger partial charge in [-0.05, 0) is 60.1 Å². The molecule has 0 aliphatic carbocycles. The Morgan fingerprint density at radius 2 is 2.19 bits per heavy atom. The minimum atomic E-state index is -0.156.